The van der Waals surface area contributed by atoms with Gasteiger partial charge in [-0.15, -0.1) is 0 Å². The number of nitrogens with two attached hydrogens (primary N) is 1. The number of hydrogen-bond donors (Lipinski definition) is 2. The van der Waals surface area contributed by atoms with Gasteiger partial charge in [-0.05, 0) is 31.5 Å². The molecule has 0 aromatic heterocycles. The molecule has 0 aliphatic carbocycles. The third kappa shape index (κ3) is 7.45. The van der Waals surface area contributed by atoms with Gasteiger partial charge in [0, 0.05) is 0 Å². The Kier molecular flexibility index (Phi) is 8.22. The molecule has 0 spiro atoms. The molecule has 1 atom stereocenters. The minimum absolute atomic E-state index is 0.0790. The third-order valence-corrected chi connectivity index (χ3v) is 2.57. The maximum absolute atomic E-state index is 8.80. The van der Waals surface area contributed by atoms with E-state index in [4.69, 9.17) is 25.1 Å². The lowest BCUT2D eigenvalue weighted by Crippen LogP contribution is -2.31. The molecule has 5 heteroatoms. The van der Waals surface area contributed by atoms with E-state index in [1.54, 1.807) is 0 Å². The van der Waals surface area contributed by atoms with Crippen molar-refractivity contribution in [1.82, 2.24) is 0 Å². The minimum Gasteiger partial charge on any atom is -0.492 e. The van der Waals surface area contributed by atoms with Crippen molar-refractivity contribution in [3.63, 3.8) is 0 Å². The Morgan fingerprint density at radius 1 is 1.15 bits per heavy atom. The summed E-state index contributed by atoms with van der Waals surface area (Å²) >= 11 is 0. The Hall–Kier alpha value is -1.14. The first-order chi connectivity index (χ1) is 9.61. The Labute approximate surface area is 120 Å². The van der Waals surface area contributed by atoms with E-state index in [-0.39, 0.29) is 18.8 Å². The highest BCUT2D eigenvalue weighted by Gasteiger charge is 2.02. The van der Waals surface area contributed by atoms with Gasteiger partial charge in [-0.3, -0.25) is 0 Å². The van der Waals surface area contributed by atoms with E-state index in [0.717, 1.165) is 11.3 Å². The molecule has 0 amide bonds. The van der Waals surface area contributed by atoms with Gasteiger partial charge in [0.15, 0.2) is 0 Å². The molecule has 0 bridgehead atoms. The van der Waals surface area contributed by atoms with Crippen LogP contribution in [0.25, 0.3) is 0 Å². The zero-order valence-electron chi connectivity index (χ0n) is 12.2. The molecule has 5 nitrogen and oxygen atoms in total. The molecule has 1 unspecified atom stereocenters. The van der Waals surface area contributed by atoms with Crippen LogP contribution in [0.2, 0.25) is 0 Å². The first-order valence-electron chi connectivity index (χ1n) is 6.89. The van der Waals surface area contributed by atoms with Crippen LogP contribution in [0, 0.1) is 0 Å². The monoisotopic (exact) mass is 283 g/mol. The van der Waals surface area contributed by atoms with Crippen molar-refractivity contribution in [2.24, 2.45) is 5.73 Å². The van der Waals surface area contributed by atoms with Crippen LogP contribution in [0.5, 0.6) is 5.75 Å². The number of aliphatic hydroxyl groups excluding tert-OH is 1. The fourth-order valence-corrected chi connectivity index (χ4v) is 1.47. The maximum Gasteiger partial charge on any atom is 0.119 e. The van der Waals surface area contributed by atoms with Crippen molar-refractivity contribution >= 4 is 0 Å². The fourth-order valence-electron chi connectivity index (χ4n) is 1.47. The van der Waals surface area contributed by atoms with Gasteiger partial charge in [-0.25, -0.2) is 0 Å². The number of aliphatic hydroxyl groups is 1. The summed E-state index contributed by atoms with van der Waals surface area (Å²) in [6, 6.07) is 7.28. The van der Waals surface area contributed by atoms with Crippen molar-refractivity contribution in [1.29, 1.82) is 0 Å². The normalized spacial score (nSPS) is 12.7. The summed E-state index contributed by atoms with van der Waals surface area (Å²) in [5.74, 6) is 0.737. The second-order valence-corrected chi connectivity index (χ2v) is 4.87. The molecule has 0 saturated carbocycles. The first kappa shape index (κ1) is 16.9. The SMILES string of the molecule is CC(C)OCCOCc1ccc(OCC(N)CO)cc1. The van der Waals surface area contributed by atoms with Crippen LogP contribution in [0.3, 0.4) is 0 Å². The Morgan fingerprint density at radius 3 is 2.45 bits per heavy atom. The molecule has 1 aromatic rings. The summed E-state index contributed by atoms with van der Waals surface area (Å²) in [6.45, 7) is 5.98. The molecular weight excluding hydrogens is 258 g/mol. The van der Waals surface area contributed by atoms with Gasteiger partial charge in [-0.1, -0.05) is 12.1 Å². The summed E-state index contributed by atoms with van der Waals surface area (Å²) in [5.41, 5.74) is 6.64. The summed E-state index contributed by atoms with van der Waals surface area (Å²) in [4.78, 5) is 0. The van der Waals surface area contributed by atoms with E-state index in [1.807, 2.05) is 38.1 Å². The summed E-state index contributed by atoms with van der Waals surface area (Å²) in [5, 5.41) is 8.80. The van der Waals surface area contributed by atoms with E-state index in [2.05, 4.69) is 0 Å². The summed E-state index contributed by atoms with van der Waals surface area (Å²) in [7, 11) is 0. The van der Waals surface area contributed by atoms with Gasteiger partial charge in [0.1, 0.15) is 12.4 Å². The highest BCUT2D eigenvalue weighted by atomic mass is 16.5. The van der Waals surface area contributed by atoms with Crippen LogP contribution >= 0.6 is 0 Å². The number of hydrogen-bond acceptors (Lipinski definition) is 5. The van der Waals surface area contributed by atoms with Crippen LogP contribution in [0.1, 0.15) is 19.4 Å². The predicted molar refractivity (Wildman–Crippen MR) is 77.7 cm³/mol. The molecule has 3 N–H and O–H groups in total. The topological polar surface area (TPSA) is 73.9 Å². The smallest absolute Gasteiger partial charge is 0.119 e. The molecule has 0 saturated heterocycles. The van der Waals surface area contributed by atoms with Crippen molar-refractivity contribution in [2.75, 3.05) is 26.4 Å². The lowest BCUT2D eigenvalue weighted by atomic mass is 10.2. The average molecular weight is 283 g/mol. The van der Waals surface area contributed by atoms with E-state index < -0.39 is 0 Å². The molecule has 20 heavy (non-hydrogen) atoms. The molecule has 0 radical (unpaired) electrons. The second-order valence-electron chi connectivity index (χ2n) is 4.87. The van der Waals surface area contributed by atoms with Crippen LogP contribution in [-0.4, -0.2) is 43.7 Å². The summed E-state index contributed by atoms with van der Waals surface area (Å²) in [6.07, 6.45) is 0.236. The van der Waals surface area contributed by atoms with Crippen LogP contribution in [0.15, 0.2) is 24.3 Å². The Morgan fingerprint density at radius 2 is 1.85 bits per heavy atom. The van der Waals surface area contributed by atoms with Gasteiger partial charge in [0.2, 0.25) is 0 Å². The van der Waals surface area contributed by atoms with Gasteiger partial charge < -0.3 is 25.1 Å². The van der Waals surface area contributed by atoms with E-state index in [1.165, 1.54) is 0 Å². The zero-order chi connectivity index (χ0) is 14.8. The van der Waals surface area contributed by atoms with Crippen LogP contribution in [-0.2, 0) is 16.1 Å². The number of benzene rings is 1. The molecule has 0 aliphatic heterocycles. The molecule has 1 aromatic carbocycles. The van der Waals surface area contributed by atoms with Gasteiger partial charge >= 0.3 is 0 Å². The maximum atomic E-state index is 8.80. The minimum atomic E-state index is -0.348. The van der Waals surface area contributed by atoms with Gasteiger partial charge in [-0.2, -0.15) is 0 Å². The second kappa shape index (κ2) is 9.72. The van der Waals surface area contributed by atoms with E-state index in [0.29, 0.717) is 26.4 Å². The van der Waals surface area contributed by atoms with E-state index in [9.17, 15) is 0 Å². The Balaban J connectivity index is 2.21. The molecule has 0 fully saturated rings. The zero-order valence-corrected chi connectivity index (χ0v) is 12.2. The lowest BCUT2D eigenvalue weighted by molar-refractivity contribution is 0.0143. The van der Waals surface area contributed by atoms with E-state index >= 15 is 0 Å². The van der Waals surface area contributed by atoms with Crippen molar-refractivity contribution in [3.05, 3.63) is 29.8 Å². The van der Waals surface area contributed by atoms with Crippen molar-refractivity contribution in [2.45, 2.75) is 32.6 Å². The number of ether oxygens (including phenoxy) is 3. The average Bonchev–Trinajstić information content (AvgIpc) is 2.45. The predicted octanol–water partition coefficient (Wildman–Crippen LogP) is 1.33. The standard InChI is InChI=1S/C15H25NO4/c1-12(2)19-8-7-18-10-13-3-5-15(6-4-13)20-11-14(16)9-17/h3-6,12,14,17H,7-11,16H2,1-2H3. The highest BCUT2D eigenvalue weighted by molar-refractivity contribution is 5.26. The Bertz CT molecular complexity index is 353. The first-order valence-corrected chi connectivity index (χ1v) is 6.89. The molecular formula is C15H25NO4. The van der Waals surface area contributed by atoms with Crippen molar-refractivity contribution < 1.29 is 19.3 Å². The molecule has 0 aliphatic rings. The quantitative estimate of drug-likeness (QED) is 0.634. The van der Waals surface area contributed by atoms with Crippen molar-refractivity contribution in [3.8, 4) is 5.75 Å². The lowest BCUT2D eigenvalue weighted by Gasteiger charge is -2.11. The highest BCUT2D eigenvalue weighted by Crippen LogP contribution is 2.13. The molecule has 114 valence electrons. The fraction of sp³-hybridized carbons (Fsp3) is 0.600. The number of rotatable bonds is 10. The molecule has 1 rings (SSSR count). The molecule has 0 heterocycles. The summed E-state index contributed by atoms with van der Waals surface area (Å²) < 4.78 is 16.3. The van der Waals surface area contributed by atoms with Gasteiger partial charge in [0.05, 0.1) is 38.6 Å². The van der Waals surface area contributed by atoms with Gasteiger partial charge in [0.25, 0.3) is 0 Å². The third-order valence-electron chi connectivity index (χ3n) is 2.57. The van der Waals surface area contributed by atoms with Crippen LogP contribution in [0.4, 0.5) is 0 Å². The van der Waals surface area contributed by atoms with Crippen LogP contribution < -0.4 is 10.5 Å². The largest absolute Gasteiger partial charge is 0.492 e.